The third-order valence-corrected chi connectivity index (χ3v) is 6.61. The van der Waals surface area contributed by atoms with Gasteiger partial charge in [-0.1, -0.05) is 36.4 Å². The Morgan fingerprint density at radius 1 is 0.927 bits per heavy atom. The third kappa shape index (κ3) is 5.40. The second-order valence-corrected chi connectivity index (χ2v) is 8.88. The molecule has 0 atom stereocenters. The van der Waals surface area contributed by atoms with Gasteiger partial charge in [0.2, 0.25) is 5.69 Å². The average molecular weight is 706 g/mol. The van der Waals surface area contributed by atoms with E-state index in [4.69, 9.17) is 13.1 Å². The minimum absolute atomic E-state index is 0. The van der Waals surface area contributed by atoms with Crippen molar-refractivity contribution in [3.05, 3.63) is 130 Å². The Bertz CT molecular complexity index is 1910. The molecule has 7 nitrogen and oxygen atoms in total. The van der Waals surface area contributed by atoms with Crippen molar-refractivity contribution in [1.82, 2.24) is 14.5 Å². The van der Waals surface area contributed by atoms with Gasteiger partial charge in [-0.25, -0.2) is 15.4 Å². The van der Waals surface area contributed by atoms with Crippen LogP contribution in [0.5, 0.6) is 0 Å². The molecule has 0 amide bonds. The second-order valence-electron chi connectivity index (χ2n) is 8.88. The Balaban J connectivity index is 0.000000229. The van der Waals surface area contributed by atoms with Crippen LogP contribution in [0.25, 0.3) is 43.5 Å². The summed E-state index contributed by atoms with van der Waals surface area (Å²) in [4.78, 5) is 15.6. The van der Waals surface area contributed by atoms with E-state index in [1.165, 1.54) is 11.1 Å². The SMILES string of the molecule is [C-]#[N+]c1c(-c2nccc(C)c2-c2ccccc2)[c-]c(C#N)c(C#N)c1[N+]#[C-].[Ir].[c-]1cccc2c1-c1nccn1CC2. The fourth-order valence-electron chi connectivity index (χ4n) is 4.75. The van der Waals surface area contributed by atoms with Gasteiger partial charge < -0.3 is 4.57 Å². The molecular weight excluding hydrogens is 687 g/mol. The van der Waals surface area contributed by atoms with Gasteiger partial charge in [0.15, 0.2) is 0 Å². The maximum atomic E-state index is 9.41. The van der Waals surface area contributed by atoms with E-state index in [9.17, 15) is 10.5 Å². The number of nitriles is 2. The molecule has 0 saturated carbocycles. The zero-order chi connectivity index (χ0) is 28.1. The topological polar surface area (TPSA) is 87.0 Å². The summed E-state index contributed by atoms with van der Waals surface area (Å²) >= 11 is 0. The number of aromatic nitrogens is 3. The molecule has 0 unspecified atom stereocenters. The van der Waals surface area contributed by atoms with Crippen LogP contribution in [0.1, 0.15) is 22.3 Å². The molecule has 0 aliphatic carbocycles. The van der Waals surface area contributed by atoms with Crippen molar-refractivity contribution in [2.75, 3.05) is 0 Å². The summed E-state index contributed by atoms with van der Waals surface area (Å²) in [7, 11) is 0. The van der Waals surface area contributed by atoms with Crippen LogP contribution in [-0.4, -0.2) is 14.5 Å². The quantitative estimate of drug-likeness (QED) is 0.181. The predicted molar refractivity (Wildman–Crippen MR) is 151 cm³/mol. The van der Waals surface area contributed by atoms with E-state index in [-0.39, 0.29) is 48.2 Å². The summed E-state index contributed by atoms with van der Waals surface area (Å²) in [6.07, 6.45) is 6.58. The summed E-state index contributed by atoms with van der Waals surface area (Å²) in [6.45, 7) is 17.9. The van der Waals surface area contributed by atoms with Gasteiger partial charge in [0.1, 0.15) is 6.57 Å². The standard InChI is InChI=1S/C22H10N5.C11H9N2.Ir/c1-14-9-10-27-20(19(14)15-7-5-4-6-8-15)17-11-16(12-23)18(13-24)22(26-3)21(17)25-2;1-2-4-10-9(3-1)5-7-13-8-6-12-11(10)13;/h4-10H,1H3;1-3,6,8H,5,7H2;/q2*-1;. The van der Waals surface area contributed by atoms with Crippen molar-refractivity contribution in [3.63, 3.8) is 0 Å². The molecule has 1 aliphatic heterocycles. The van der Waals surface area contributed by atoms with Crippen LogP contribution in [0.2, 0.25) is 0 Å². The number of pyridine rings is 1. The van der Waals surface area contributed by atoms with Crippen molar-refractivity contribution in [1.29, 1.82) is 10.5 Å². The zero-order valence-electron chi connectivity index (χ0n) is 21.8. The maximum absolute atomic E-state index is 9.41. The van der Waals surface area contributed by atoms with Crippen molar-refractivity contribution in [2.45, 2.75) is 19.9 Å². The molecule has 0 fully saturated rings. The smallest absolute Gasteiger partial charge is 0.263 e. The Kier molecular flexibility index (Phi) is 8.84. The van der Waals surface area contributed by atoms with Gasteiger partial charge in [0.25, 0.3) is 5.69 Å². The largest absolute Gasteiger partial charge is 0.371 e. The van der Waals surface area contributed by atoms with Crippen molar-refractivity contribution in [3.8, 4) is 45.9 Å². The first-order valence-electron chi connectivity index (χ1n) is 12.3. The average Bonchev–Trinajstić information content (AvgIpc) is 3.50. The molecule has 0 spiro atoms. The first-order chi connectivity index (χ1) is 19.6. The first-order valence-corrected chi connectivity index (χ1v) is 12.3. The van der Waals surface area contributed by atoms with Crippen LogP contribution in [0.3, 0.4) is 0 Å². The van der Waals surface area contributed by atoms with Gasteiger partial charge in [0.05, 0.1) is 12.4 Å². The number of nitrogens with zero attached hydrogens (tertiary/aromatic N) is 7. The number of aryl methyl sites for hydroxylation is 3. The van der Waals surface area contributed by atoms with E-state index in [0.29, 0.717) is 5.69 Å². The molecule has 1 radical (unpaired) electrons. The number of benzene rings is 3. The van der Waals surface area contributed by atoms with E-state index < -0.39 is 0 Å². The summed E-state index contributed by atoms with van der Waals surface area (Å²) < 4.78 is 2.18. The Hall–Kier alpha value is -5.37. The molecule has 0 N–H and O–H groups in total. The van der Waals surface area contributed by atoms with Gasteiger partial charge in [0, 0.05) is 62.6 Å². The van der Waals surface area contributed by atoms with E-state index in [1.807, 2.05) is 80.0 Å². The van der Waals surface area contributed by atoms with E-state index >= 15 is 0 Å². The zero-order valence-corrected chi connectivity index (χ0v) is 24.2. The molecule has 0 bridgehead atoms. The number of imidazole rings is 1. The number of fused-ring (bicyclic) bond motifs is 3. The minimum atomic E-state index is -0.139. The monoisotopic (exact) mass is 706 g/mol. The Morgan fingerprint density at radius 3 is 2.41 bits per heavy atom. The van der Waals surface area contributed by atoms with Gasteiger partial charge in [-0.15, -0.1) is 35.4 Å². The van der Waals surface area contributed by atoms with Crippen LogP contribution in [-0.2, 0) is 33.1 Å². The van der Waals surface area contributed by atoms with Gasteiger partial charge >= 0.3 is 0 Å². The summed E-state index contributed by atoms with van der Waals surface area (Å²) in [5, 5.41) is 18.7. The summed E-state index contributed by atoms with van der Waals surface area (Å²) in [5.74, 6) is 1.06. The third-order valence-electron chi connectivity index (χ3n) is 6.61. The number of hydrogen-bond donors (Lipinski definition) is 0. The molecule has 41 heavy (non-hydrogen) atoms. The first kappa shape index (κ1) is 28.6. The van der Waals surface area contributed by atoms with Crippen molar-refractivity contribution >= 4 is 11.4 Å². The predicted octanol–water partition coefficient (Wildman–Crippen LogP) is 7.27. The van der Waals surface area contributed by atoms with Crippen LogP contribution < -0.4 is 0 Å². The Morgan fingerprint density at radius 2 is 1.71 bits per heavy atom. The molecule has 5 aromatic rings. The molecular formula is C33H19IrN7-2. The van der Waals surface area contributed by atoms with Crippen LogP contribution in [0.15, 0.2) is 73.2 Å². The molecule has 2 aromatic heterocycles. The Labute approximate surface area is 252 Å². The van der Waals surface area contributed by atoms with Crippen LogP contribution in [0.4, 0.5) is 11.4 Å². The van der Waals surface area contributed by atoms with Crippen LogP contribution in [0, 0.1) is 54.9 Å². The maximum Gasteiger partial charge on any atom is 0.263 e. The molecule has 197 valence electrons. The molecule has 8 heteroatoms. The van der Waals surface area contributed by atoms with Gasteiger partial charge in [-0.3, -0.25) is 9.97 Å². The molecule has 3 heterocycles. The summed E-state index contributed by atoms with van der Waals surface area (Å²) in [5.41, 5.74) is 5.52. The molecule has 3 aromatic carbocycles. The second kappa shape index (κ2) is 12.7. The molecule has 6 rings (SSSR count). The van der Waals surface area contributed by atoms with E-state index in [0.717, 1.165) is 35.5 Å². The number of hydrogen-bond acceptors (Lipinski definition) is 4. The van der Waals surface area contributed by atoms with E-state index in [2.05, 4.69) is 42.4 Å². The normalized spacial score (nSPS) is 10.6. The fraction of sp³-hybridized carbons (Fsp3) is 0.0909. The van der Waals surface area contributed by atoms with Gasteiger partial charge in [-0.2, -0.15) is 4.85 Å². The molecule has 1 aliphatic rings. The van der Waals surface area contributed by atoms with Crippen LogP contribution >= 0.6 is 0 Å². The molecule has 0 saturated heterocycles. The fourth-order valence-corrected chi connectivity index (χ4v) is 4.75. The minimum Gasteiger partial charge on any atom is -0.371 e. The number of rotatable bonds is 2. The van der Waals surface area contributed by atoms with Gasteiger partial charge in [-0.05, 0) is 53.3 Å². The van der Waals surface area contributed by atoms with E-state index in [1.54, 1.807) is 6.20 Å². The van der Waals surface area contributed by atoms with Crippen molar-refractivity contribution in [2.24, 2.45) is 0 Å². The van der Waals surface area contributed by atoms with Crippen molar-refractivity contribution < 1.29 is 20.1 Å². The summed E-state index contributed by atoms with van der Waals surface area (Å²) in [6, 6.07) is 27.4.